The lowest BCUT2D eigenvalue weighted by Crippen LogP contribution is -2.49. The molecule has 0 aliphatic carbocycles. The Labute approximate surface area is 167 Å². The monoisotopic (exact) mass is 471 g/mol. The van der Waals surface area contributed by atoms with Crippen LogP contribution < -0.4 is 16.0 Å². The van der Waals surface area contributed by atoms with Crippen molar-refractivity contribution < 1.29 is 9.53 Å². The number of carbonyl (C=O) groups excluding carboxylic acids is 1. The van der Waals surface area contributed by atoms with E-state index in [1.807, 2.05) is 44.8 Å². The minimum absolute atomic E-state index is 0.0315. The normalized spacial score (nSPS) is 18.2. The lowest BCUT2D eigenvalue weighted by molar-refractivity contribution is 0.0500. The summed E-state index contributed by atoms with van der Waals surface area (Å²) < 4.78 is 8.34. The van der Waals surface area contributed by atoms with Crippen LogP contribution in [0.4, 0.5) is 16.2 Å². The maximum atomic E-state index is 12.1. The van der Waals surface area contributed by atoms with Crippen LogP contribution in [0.5, 0.6) is 0 Å². The fraction of sp³-hybridized carbons (Fsp3) is 0.556. The first kappa shape index (κ1) is 19.1. The number of nitrogens with two attached hydrogens (primary N) is 1. The van der Waals surface area contributed by atoms with Gasteiger partial charge in [-0.25, -0.2) is 4.79 Å². The van der Waals surface area contributed by atoms with Gasteiger partial charge in [-0.2, -0.15) is 5.10 Å². The van der Waals surface area contributed by atoms with E-state index < -0.39 is 5.60 Å². The molecule has 0 radical (unpaired) electrons. The van der Waals surface area contributed by atoms with Crippen molar-refractivity contribution in [3.63, 3.8) is 0 Å². The number of hydrogen-bond donors (Lipinski definition) is 2. The molecule has 142 valence electrons. The molecule has 3 N–H and O–H groups in total. The number of nitrogens with one attached hydrogen (secondary N) is 1. The molecule has 1 unspecified atom stereocenters. The molecule has 1 aliphatic heterocycles. The fourth-order valence-corrected chi connectivity index (χ4v) is 4.42. The number of piperidine rings is 1. The van der Waals surface area contributed by atoms with Crippen molar-refractivity contribution in [2.45, 2.75) is 45.3 Å². The molecule has 3 rings (SSSR count). The van der Waals surface area contributed by atoms with Gasteiger partial charge in [-0.15, -0.1) is 0 Å². The van der Waals surface area contributed by atoms with Crippen LogP contribution in [-0.4, -0.2) is 40.6 Å². The minimum Gasteiger partial charge on any atom is -0.444 e. The van der Waals surface area contributed by atoms with Crippen LogP contribution in [0.1, 0.15) is 33.6 Å². The molecular weight excluding hydrogens is 445 g/mol. The third-order valence-corrected chi connectivity index (χ3v) is 5.26. The number of ether oxygens (including phenoxy) is 1. The van der Waals surface area contributed by atoms with Gasteiger partial charge in [0.1, 0.15) is 5.60 Å². The van der Waals surface area contributed by atoms with Crippen LogP contribution in [0.25, 0.3) is 10.9 Å². The molecule has 1 saturated heterocycles. The summed E-state index contributed by atoms with van der Waals surface area (Å²) in [5.74, 6) is 0. The highest BCUT2D eigenvalue weighted by Crippen LogP contribution is 2.37. The van der Waals surface area contributed by atoms with Crippen molar-refractivity contribution in [2.24, 2.45) is 7.05 Å². The first-order chi connectivity index (χ1) is 12.2. The van der Waals surface area contributed by atoms with Crippen LogP contribution >= 0.6 is 22.6 Å². The lowest BCUT2D eigenvalue weighted by Gasteiger charge is -2.36. The highest BCUT2D eigenvalue weighted by atomic mass is 127. The van der Waals surface area contributed by atoms with E-state index in [2.05, 4.69) is 37.9 Å². The highest BCUT2D eigenvalue weighted by Gasteiger charge is 2.27. The number of aryl methyl sites for hydroxylation is 1. The van der Waals surface area contributed by atoms with Crippen LogP contribution in [0, 0.1) is 3.57 Å². The van der Waals surface area contributed by atoms with Crippen LogP contribution in [0.15, 0.2) is 12.3 Å². The van der Waals surface area contributed by atoms with Gasteiger partial charge in [-0.3, -0.25) is 4.68 Å². The van der Waals surface area contributed by atoms with E-state index in [1.54, 1.807) is 0 Å². The molecule has 1 aromatic heterocycles. The zero-order valence-electron chi connectivity index (χ0n) is 15.7. The standard InChI is InChI=1S/C18H26IN5O2/c1-18(2,3)26-17(25)22-11-6-5-7-24(10-11)16-12-9-21-23(4)15(12)13(19)8-14(16)20/h8-9,11H,5-7,10,20H2,1-4H3,(H,22,25). The smallest absolute Gasteiger partial charge is 0.407 e. The van der Waals surface area contributed by atoms with E-state index in [4.69, 9.17) is 10.5 Å². The molecule has 0 saturated carbocycles. The van der Waals surface area contributed by atoms with Crippen LogP contribution in [0.3, 0.4) is 0 Å². The Balaban J connectivity index is 1.82. The number of halogens is 1. The Hall–Kier alpha value is -1.71. The van der Waals surface area contributed by atoms with Crippen molar-refractivity contribution in [3.8, 4) is 0 Å². The number of hydrogen-bond acceptors (Lipinski definition) is 5. The number of amides is 1. The molecule has 7 nitrogen and oxygen atoms in total. The summed E-state index contributed by atoms with van der Waals surface area (Å²) >= 11 is 2.29. The molecule has 26 heavy (non-hydrogen) atoms. The van der Waals surface area contributed by atoms with Gasteiger partial charge in [0.25, 0.3) is 0 Å². The summed E-state index contributed by atoms with van der Waals surface area (Å²) in [5.41, 5.74) is 8.69. The van der Waals surface area contributed by atoms with E-state index >= 15 is 0 Å². The number of nitrogens with zero attached hydrogens (tertiary/aromatic N) is 3. The number of carbonyl (C=O) groups is 1. The highest BCUT2D eigenvalue weighted by molar-refractivity contribution is 14.1. The molecule has 0 bridgehead atoms. The molecule has 1 fully saturated rings. The van der Waals surface area contributed by atoms with Crippen molar-refractivity contribution in [3.05, 3.63) is 15.8 Å². The van der Waals surface area contributed by atoms with Gasteiger partial charge in [0.05, 0.1) is 23.1 Å². The largest absolute Gasteiger partial charge is 0.444 e. The van der Waals surface area contributed by atoms with E-state index in [9.17, 15) is 4.79 Å². The Morgan fingerprint density at radius 1 is 1.46 bits per heavy atom. The molecule has 1 amide bonds. The Kier molecular flexibility index (Phi) is 5.23. The first-order valence-corrected chi connectivity index (χ1v) is 9.88. The number of fused-ring (bicyclic) bond motifs is 1. The summed E-state index contributed by atoms with van der Waals surface area (Å²) in [7, 11) is 1.94. The lowest BCUT2D eigenvalue weighted by atomic mass is 10.0. The first-order valence-electron chi connectivity index (χ1n) is 8.80. The zero-order chi connectivity index (χ0) is 19.1. The number of rotatable bonds is 2. The van der Waals surface area contributed by atoms with Crippen LogP contribution in [0.2, 0.25) is 0 Å². The molecule has 0 spiro atoms. The average molecular weight is 471 g/mol. The Bertz CT molecular complexity index is 827. The van der Waals surface area contributed by atoms with Crippen molar-refractivity contribution in [1.82, 2.24) is 15.1 Å². The number of alkyl carbamates (subject to hydrolysis) is 1. The van der Waals surface area contributed by atoms with E-state index in [0.717, 1.165) is 45.2 Å². The molecular formula is C18H26IN5O2. The fourth-order valence-electron chi connectivity index (χ4n) is 3.45. The number of anilines is 2. The van der Waals surface area contributed by atoms with Crippen molar-refractivity contribution in [1.29, 1.82) is 0 Å². The SMILES string of the molecule is Cn1ncc2c(N3CCCC(NC(=O)OC(C)(C)C)C3)c(N)cc(I)c21. The second kappa shape index (κ2) is 7.13. The number of aromatic nitrogens is 2. The van der Waals surface area contributed by atoms with Gasteiger partial charge in [-0.05, 0) is 62.3 Å². The van der Waals surface area contributed by atoms with E-state index in [-0.39, 0.29) is 12.1 Å². The zero-order valence-corrected chi connectivity index (χ0v) is 17.8. The van der Waals surface area contributed by atoms with Crippen molar-refractivity contribution in [2.75, 3.05) is 23.7 Å². The summed E-state index contributed by atoms with van der Waals surface area (Å²) in [4.78, 5) is 14.4. The summed E-state index contributed by atoms with van der Waals surface area (Å²) in [6.07, 6.45) is 3.41. The molecule has 1 atom stereocenters. The van der Waals surface area contributed by atoms with Gasteiger partial charge in [-0.1, -0.05) is 0 Å². The second-order valence-electron chi connectivity index (χ2n) is 7.76. The van der Waals surface area contributed by atoms with Gasteiger partial charge in [0.2, 0.25) is 0 Å². The van der Waals surface area contributed by atoms with E-state index in [0.29, 0.717) is 6.54 Å². The predicted molar refractivity (Wildman–Crippen MR) is 112 cm³/mol. The number of benzene rings is 1. The average Bonchev–Trinajstić information content (AvgIpc) is 2.87. The molecule has 1 aromatic carbocycles. The minimum atomic E-state index is -0.499. The summed E-state index contributed by atoms with van der Waals surface area (Å²) in [6, 6.07) is 2.02. The second-order valence-corrected chi connectivity index (χ2v) is 8.92. The summed E-state index contributed by atoms with van der Waals surface area (Å²) in [5, 5.41) is 8.44. The van der Waals surface area contributed by atoms with Gasteiger partial charge in [0, 0.05) is 35.1 Å². The summed E-state index contributed by atoms with van der Waals surface area (Å²) in [6.45, 7) is 7.21. The van der Waals surface area contributed by atoms with Crippen LogP contribution in [-0.2, 0) is 11.8 Å². The third-order valence-electron chi connectivity index (χ3n) is 4.43. The van der Waals surface area contributed by atoms with Gasteiger partial charge >= 0.3 is 6.09 Å². The quantitative estimate of drug-likeness (QED) is 0.519. The maximum absolute atomic E-state index is 12.1. The predicted octanol–water partition coefficient (Wildman–Crippen LogP) is 3.25. The molecule has 2 heterocycles. The molecule has 1 aliphatic rings. The molecule has 2 aromatic rings. The Morgan fingerprint density at radius 2 is 2.19 bits per heavy atom. The van der Waals surface area contributed by atoms with Gasteiger partial charge in [0.15, 0.2) is 0 Å². The maximum Gasteiger partial charge on any atom is 0.407 e. The van der Waals surface area contributed by atoms with Crippen molar-refractivity contribution >= 4 is 51.0 Å². The molecule has 8 heteroatoms. The Morgan fingerprint density at radius 3 is 2.88 bits per heavy atom. The third kappa shape index (κ3) is 3.99. The van der Waals surface area contributed by atoms with Gasteiger partial charge < -0.3 is 20.7 Å². The number of nitrogen functional groups attached to an aromatic ring is 1. The topological polar surface area (TPSA) is 85.4 Å². The van der Waals surface area contributed by atoms with E-state index in [1.165, 1.54) is 0 Å².